The highest BCUT2D eigenvalue weighted by Crippen LogP contribution is 2.42. The van der Waals surface area contributed by atoms with Gasteiger partial charge < -0.3 is 0 Å². The summed E-state index contributed by atoms with van der Waals surface area (Å²) >= 11 is 0. The Morgan fingerprint density at radius 2 is 1.35 bits per heavy atom. The van der Waals surface area contributed by atoms with Crippen LogP contribution in [0.2, 0.25) is 0 Å². The maximum Gasteiger partial charge on any atom is 0.266 e. The molecule has 2 fully saturated rings. The van der Waals surface area contributed by atoms with Crippen LogP contribution < -0.4 is 0 Å². The average molecular weight is 284 g/mol. The second-order valence-electron chi connectivity index (χ2n) is 7.04. The summed E-state index contributed by atoms with van der Waals surface area (Å²) in [4.78, 5) is 0. The van der Waals surface area contributed by atoms with Crippen molar-refractivity contribution in [3.8, 4) is 0 Å². The molecule has 2 aliphatic carbocycles. The van der Waals surface area contributed by atoms with Gasteiger partial charge in [-0.25, -0.2) is 0 Å². The third-order valence-corrected chi connectivity index (χ3v) is 5.90. The van der Waals surface area contributed by atoms with E-state index in [0.29, 0.717) is 12.3 Å². The van der Waals surface area contributed by atoms with Gasteiger partial charge >= 0.3 is 0 Å². The van der Waals surface area contributed by atoms with Gasteiger partial charge in [0, 0.05) is 0 Å². The Morgan fingerprint density at radius 3 is 1.80 bits per heavy atom. The molecule has 0 aromatic rings. The Kier molecular flexibility index (Phi) is 6.51. The summed E-state index contributed by atoms with van der Waals surface area (Å²) in [7, 11) is 0. The number of hydrogen-bond donors (Lipinski definition) is 0. The fraction of sp³-hybridized carbons (Fsp3) is 0.889. The Morgan fingerprint density at radius 1 is 0.850 bits per heavy atom. The van der Waals surface area contributed by atoms with Gasteiger partial charge in [0.05, 0.1) is 0 Å². The summed E-state index contributed by atoms with van der Waals surface area (Å²) in [6, 6.07) is 0. The zero-order valence-corrected chi connectivity index (χ0v) is 12.9. The molecule has 0 aromatic heterocycles. The number of allylic oxidation sites excluding steroid dienone is 1. The van der Waals surface area contributed by atoms with E-state index in [9.17, 15) is 8.78 Å². The first-order chi connectivity index (χ1) is 9.69. The van der Waals surface area contributed by atoms with Crippen LogP contribution in [0.5, 0.6) is 0 Å². The van der Waals surface area contributed by atoms with Gasteiger partial charge in [0.25, 0.3) is 6.08 Å². The molecule has 0 amide bonds. The Bertz CT molecular complexity index is 291. The smallest absolute Gasteiger partial charge is 0.174 e. The van der Waals surface area contributed by atoms with Crippen LogP contribution in [0, 0.1) is 23.7 Å². The minimum absolute atomic E-state index is 0.569. The third-order valence-electron chi connectivity index (χ3n) is 5.90. The SMILES string of the molecule is CCC1CCC(C2CCC(CCC=C(F)F)CC2)CC1. The largest absolute Gasteiger partial charge is 0.266 e. The number of hydrogen-bond acceptors (Lipinski definition) is 0. The van der Waals surface area contributed by atoms with Crippen molar-refractivity contribution in [1.82, 2.24) is 0 Å². The molecule has 2 heteroatoms. The number of halogens is 2. The van der Waals surface area contributed by atoms with Crippen LogP contribution in [0.3, 0.4) is 0 Å². The van der Waals surface area contributed by atoms with Crippen LogP contribution in [0.15, 0.2) is 12.2 Å². The predicted molar refractivity (Wildman–Crippen MR) is 80.7 cm³/mol. The molecule has 2 rings (SSSR count). The fourth-order valence-electron chi connectivity index (χ4n) is 4.44. The molecule has 0 aliphatic heterocycles. The molecular formula is C18H30F2. The fourth-order valence-corrected chi connectivity index (χ4v) is 4.44. The summed E-state index contributed by atoms with van der Waals surface area (Å²) < 4.78 is 24.0. The molecule has 0 bridgehead atoms. The van der Waals surface area contributed by atoms with Crippen molar-refractivity contribution in [2.45, 2.75) is 77.6 Å². The van der Waals surface area contributed by atoms with Crippen LogP contribution in [-0.2, 0) is 0 Å². The van der Waals surface area contributed by atoms with Crippen molar-refractivity contribution < 1.29 is 8.78 Å². The van der Waals surface area contributed by atoms with Crippen LogP contribution in [-0.4, -0.2) is 0 Å². The van der Waals surface area contributed by atoms with E-state index in [-0.39, 0.29) is 0 Å². The van der Waals surface area contributed by atoms with Gasteiger partial charge in [0.15, 0.2) is 0 Å². The summed E-state index contributed by atoms with van der Waals surface area (Å²) in [6.07, 6.45) is 13.5. The van der Waals surface area contributed by atoms with Crippen LogP contribution in [0.1, 0.15) is 77.6 Å². The minimum atomic E-state index is -1.51. The third kappa shape index (κ3) is 4.86. The van der Waals surface area contributed by atoms with Gasteiger partial charge in [-0.2, -0.15) is 8.78 Å². The van der Waals surface area contributed by atoms with Gasteiger partial charge in [-0.3, -0.25) is 0 Å². The Hall–Kier alpha value is -0.400. The highest BCUT2D eigenvalue weighted by Gasteiger charge is 2.30. The lowest BCUT2D eigenvalue weighted by atomic mass is 9.68. The number of rotatable bonds is 5. The topological polar surface area (TPSA) is 0 Å². The van der Waals surface area contributed by atoms with E-state index in [0.717, 1.165) is 30.3 Å². The van der Waals surface area contributed by atoms with Crippen molar-refractivity contribution >= 4 is 0 Å². The second-order valence-corrected chi connectivity index (χ2v) is 7.04. The van der Waals surface area contributed by atoms with Crippen molar-refractivity contribution in [1.29, 1.82) is 0 Å². The lowest BCUT2D eigenvalue weighted by Gasteiger charge is -2.37. The quantitative estimate of drug-likeness (QED) is 0.535. The summed E-state index contributed by atoms with van der Waals surface area (Å²) in [5.74, 6) is 3.61. The van der Waals surface area contributed by atoms with E-state index in [1.165, 1.54) is 57.8 Å². The maximum atomic E-state index is 12.0. The molecule has 0 saturated heterocycles. The zero-order chi connectivity index (χ0) is 14.4. The molecule has 2 aliphatic rings. The van der Waals surface area contributed by atoms with Crippen molar-refractivity contribution in [2.75, 3.05) is 0 Å². The lowest BCUT2D eigenvalue weighted by Crippen LogP contribution is -2.25. The van der Waals surface area contributed by atoms with E-state index < -0.39 is 6.08 Å². The first-order valence-electron chi connectivity index (χ1n) is 8.70. The van der Waals surface area contributed by atoms with Crippen molar-refractivity contribution in [3.63, 3.8) is 0 Å². The lowest BCUT2D eigenvalue weighted by molar-refractivity contribution is 0.143. The van der Waals surface area contributed by atoms with Gasteiger partial charge in [-0.1, -0.05) is 39.0 Å². The average Bonchev–Trinajstić information content (AvgIpc) is 2.48. The Balaban J connectivity index is 1.65. The van der Waals surface area contributed by atoms with Gasteiger partial charge in [-0.15, -0.1) is 0 Å². The first kappa shape index (κ1) is 16.0. The Labute approximate surface area is 123 Å². The van der Waals surface area contributed by atoms with Crippen LogP contribution in [0.25, 0.3) is 0 Å². The molecule has 0 unspecified atom stereocenters. The van der Waals surface area contributed by atoms with Gasteiger partial charge in [0.1, 0.15) is 0 Å². The van der Waals surface area contributed by atoms with E-state index >= 15 is 0 Å². The van der Waals surface area contributed by atoms with E-state index in [1.807, 2.05) is 0 Å². The monoisotopic (exact) mass is 284 g/mol. The molecule has 0 spiro atoms. The zero-order valence-electron chi connectivity index (χ0n) is 12.9. The molecule has 116 valence electrons. The van der Waals surface area contributed by atoms with E-state index in [4.69, 9.17) is 0 Å². The standard InChI is InChI=1S/C18H30F2/c1-2-14-6-10-16(11-7-14)17-12-8-15(9-13-17)4-3-5-18(19)20/h5,14-17H,2-4,6-13H2,1H3. The molecule has 0 heterocycles. The first-order valence-corrected chi connectivity index (χ1v) is 8.70. The minimum Gasteiger partial charge on any atom is -0.174 e. The molecule has 20 heavy (non-hydrogen) atoms. The van der Waals surface area contributed by atoms with Gasteiger partial charge in [0.2, 0.25) is 0 Å². The normalized spacial score (nSPS) is 34.8. The van der Waals surface area contributed by atoms with Crippen molar-refractivity contribution in [2.24, 2.45) is 23.7 Å². The second kappa shape index (κ2) is 8.14. The molecule has 0 N–H and O–H groups in total. The summed E-state index contributed by atoms with van der Waals surface area (Å²) in [5.41, 5.74) is 0. The van der Waals surface area contributed by atoms with Crippen molar-refractivity contribution in [3.05, 3.63) is 12.2 Å². The molecule has 0 atom stereocenters. The predicted octanol–water partition coefficient (Wildman–Crippen LogP) is 6.57. The maximum absolute atomic E-state index is 12.0. The van der Waals surface area contributed by atoms with E-state index in [1.54, 1.807) is 0 Å². The molecule has 0 radical (unpaired) electrons. The molecular weight excluding hydrogens is 254 g/mol. The molecule has 0 nitrogen and oxygen atoms in total. The van der Waals surface area contributed by atoms with Gasteiger partial charge in [-0.05, 0) is 68.3 Å². The molecule has 2 saturated carbocycles. The highest BCUT2D eigenvalue weighted by molar-refractivity contribution is 4.84. The van der Waals surface area contributed by atoms with E-state index in [2.05, 4.69) is 6.92 Å². The highest BCUT2D eigenvalue weighted by atomic mass is 19.3. The summed E-state index contributed by atoms with van der Waals surface area (Å²) in [5, 5.41) is 0. The van der Waals surface area contributed by atoms with Crippen LogP contribution in [0.4, 0.5) is 8.78 Å². The molecule has 0 aromatic carbocycles. The van der Waals surface area contributed by atoms with Crippen LogP contribution >= 0.6 is 0 Å². The summed E-state index contributed by atoms with van der Waals surface area (Å²) in [6.45, 7) is 2.32.